The average molecular weight is 126 g/mol. The van der Waals surface area contributed by atoms with Crippen molar-refractivity contribution in [2.75, 3.05) is 0 Å². The Hall–Kier alpha value is -0.260. The summed E-state index contributed by atoms with van der Waals surface area (Å²) in [6.45, 7) is 12.8. The molecular weight excluding hydrogens is 108 g/mol. The molecule has 0 aliphatic carbocycles. The summed E-state index contributed by atoms with van der Waals surface area (Å²) in [4.78, 5) is 0. The lowest BCUT2D eigenvalue weighted by Crippen LogP contribution is -2.11. The molecule has 0 bridgehead atoms. The van der Waals surface area contributed by atoms with Gasteiger partial charge in [0.1, 0.15) is 0 Å². The summed E-state index contributed by atoms with van der Waals surface area (Å²) < 4.78 is 0. The van der Waals surface area contributed by atoms with Gasteiger partial charge in [0.05, 0.1) is 0 Å². The van der Waals surface area contributed by atoms with Crippen molar-refractivity contribution in [3.63, 3.8) is 0 Å². The molecule has 0 saturated carbocycles. The van der Waals surface area contributed by atoms with Crippen LogP contribution in [0.1, 0.15) is 27.7 Å². The van der Waals surface area contributed by atoms with Crippen molar-refractivity contribution in [2.45, 2.75) is 27.7 Å². The Kier molecular flexibility index (Phi) is 3.60. The van der Waals surface area contributed by atoms with E-state index in [2.05, 4.69) is 34.3 Å². The molecule has 2 atom stereocenters. The predicted octanol–water partition coefficient (Wildman–Crippen LogP) is 3.10. The fraction of sp³-hybridized carbons (Fsp3) is 0.778. The van der Waals surface area contributed by atoms with Crippen molar-refractivity contribution in [3.05, 3.63) is 12.7 Å². The van der Waals surface area contributed by atoms with E-state index in [-0.39, 0.29) is 0 Å². The van der Waals surface area contributed by atoms with E-state index in [9.17, 15) is 0 Å². The highest BCUT2D eigenvalue weighted by Crippen LogP contribution is 2.19. The molecular formula is C9H18. The van der Waals surface area contributed by atoms with Crippen molar-refractivity contribution in [1.82, 2.24) is 0 Å². The lowest BCUT2D eigenvalue weighted by atomic mass is 9.86. The Morgan fingerprint density at radius 2 is 1.56 bits per heavy atom. The Morgan fingerprint density at radius 3 is 1.67 bits per heavy atom. The van der Waals surface area contributed by atoms with Crippen LogP contribution >= 0.6 is 0 Å². The fourth-order valence-electron chi connectivity index (χ4n) is 0.822. The molecule has 0 heterocycles. The minimum atomic E-state index is 0.657. The second-order valence-electron chi connectivity index (χ2n) is 3.20. The lowest BCUT2D eigenvalue weighted by Gasteiger charge is -2.19. The Bertz CT molecular complexity index is 82.0. The van der Waals surface area contributed by atoms with Gasteiger partial charge in [0.2, 0.25) is 0 Å². The van der Waals surface area contributed by atoms with Gasteiger partial charge in [-0.25, -0.2) is 0 Å². The zero-order valence-electron chi connectivity index (χ0n) is 7.02. The molecule has 0 aromatic heterocycles. The molecule has 54 valence electrons. The maximum absolute atomic E-state index is 3.76. The van der Waals surface area contributed by atoms with Crippen LogP contribution in [0.4, 0.5) is 0 Å². The fourth-order valence-corrected chi connectivity index (χ4v) is 0.822. The van der Waals surface area contributed by atoms with Crippen LogP contribution in [0.15, 0.2) is 12.7 Å². The summed E-state index contributed by atoms with van der Waals surface area (Å²) >= 11 is 0. The first-order chi connectivity index (χ1) is 4.09. The molecule has 0 amide bonds. The van der Waals surface area contributed by atoms with E-state index in [4.69, 9.17) is 0 Å². The van der Waals surface area contributed by atoms with Gasteiger partial charge >= 0.3 is 0 Å². The predicted molar refractivity (Wildman–Crippen MR) is 43.4 cm³/mol. The molecule has 0 heteroatoms. The number of rotatable bonds is 3. The molecule has 0 aliphatic heterocycles. The zero-order valence-corrected chi connectivity index (χ0v) is 7.02. The van der Waals surface area contributed by atoms with Crippen LogP contribution in [0.2, 0.25) is 0 Å². The molecule has 0 radical (unpaired) electrons. The summed E-state index contributed by atoms with van der Waals surface area (Å²) in [7, 11) is 0. The minimum absolute atomic E-state index is 0.657. The summed E-state index contributed by atoms with van der Waals surface area (Å²) in [5.41, 5.74) is 0. The van der Waals surface area contributed by atoms with Crippen LogP contribution in [0, 0.1) is 17.8 Å². The molecule has 0 aromatic carbocycles. The van der Waals surface area contributed by atoms with Gasteiger partial charge in [0, 0.05) is 0 Å². The van der Waals surface area contributed by atoms with Crippen molar-refractivity contribution in [1.29, 1.82) is 0 Å². The average Bonchev–Trinajstić information content (AvgIpc) is 1.84. The third kappa shape index (κ3) is 2.69. The SMILES string of the molecule is C=C[C@@H](C)C(C)C(C)C. The molecule has 0 rings (SSSR count). The molecule has 0 aromatic rings. The van der Waals surface area contributed by atoms with Crippen LogP contribution in [0.3, 0.4) is 0 Å². The third-order valence-corrected chi connectivity index (χ3v) is 2.25. The van der Waals surface area contributed by atoms with Gasteiger partial charge < -0.3 is 0 Å². The topological polar surface area (TPSA) is 0 Å². The van der Waals surface area contributed by atoms with Crippen molar-refractivity contribution >= 4 is 0 Å². The second-order valence-corrected chi connectivity index (χ2v) is 3.20. The monoisotopic (exact) mass is 126 g/mol. The van der Waals surface area contributed by atoms with Gasteiger partial charge in [-0.15, -0.1) is 6.58 Å². The van der Waals surface area contributed by atoms with Gasteiger partial charge in [0.15, 0.2) is 0 Å². The van der Waals surface area contributed by atoms with Crippen LogP contribution in [-0.2, 0) is 0 Å². The third-order valence-electron chi connectivity index (χ3n) is 2.25. The van der Waals surface area contributed by atoms with Crippen molar-refractivity contribution in [3.8, 4) is 0 Å². The van der Waals surface area contributed by atoms with E-state index >= 15 is 0 Å². The van der Waals surface area contributed by atoms with E-state index in [0.29, 0.717) is 5.92 Å². The van der Waals surface area contributed by atoms with Crippen LogP contribution in [0.5, 0.6) is 0 Å². The molecule has 0 nitrogen and oxygen atoms in total. The maximum Gasteiger partial charge on any atom is -0.0236 e. The molecule has 0 saturated heterocycles. The first-order valence-corrected chi connectivity index (χ1v) is 3.72. The van der Waals surface area contributed by atoms with Crippen molar-refractivity contribution in [2.24, 2.45) is 17.8 Å². The molecule has 0 N–H and O–H groups in total. The second kappa shape index (κ2) is 3.71. The number of hydrogen-bond acceptors (Lipinski definition) is 0. The number of allylic oxidation sites excluding steroid dienone is 1. The van der Waals surface area contributed by atoms with E-state index in [1.807, 2.05) is 6.08 Å². The normalized spacial score (nSPS) is 17.4. The quantitative estimate of drug-likeness (QED) is 0.510. The molecule has 1 unspecified atom stereocenters. The molecule has 0 aliphatic rings. The van der Waals surface area contributed by atoms with E-state index in [0.717, 1.165) is 11.8 Å². The summed E-state index contributed by atoms with van der Waals surface area (Å²) in [6.07, 6.45) is 2.03. The summed E-state index contributed by atoms with van der Waals surface area (Å²) in [6, 6.07) is 0. The Morgan fingerprint density at radius 1 is 1.11 bits per heavy atom. The van der Waals surface area contributed by atoms with Crippen molar-refractivity contribution < 1.29 is 0 Å². The Labute approximate surface area is 59.0 Å². The van der Waals surface area contributed by atoms with Crippen LogP contribution in [0.25, 0.3) is 0 Å². The lowest BCUT2D eigenvalue weighted by molar-refractivity contribution is 0.343. The zero-order chi connectivity index (χ0) is 7.44. The largest absolute Gasteiger partial charge is 0.103 e. The highest BCUT2D eigenvalue weighted by atomic mass is 14.2. The van der Waals surface area contributed by atoms with Gasteiger partial charge in [-0.05, 0) is 17.8 Å². The highest BCUT2D eigenvalue weighted by Gasteiger charge is 2.11. The minimum Gasteiger partial charge on any atom is -0.103 e. The van der Waals surface area contributed by atoms with E-state index < -0.39 is 0 Å². The smallest absolute Gasteiger partial charge is 0.0236 e. The highest BCUT2D eigenvalue weighted by molar-refractivity contribution is 4.80. The standard InChI is InChI=1S/C9H18/c1-6-8(4)9(5)7(2)3/h6-9H,1H2,2-5H3/t8-,9?/m1/s1. The first kappa shape index (κ1) is 8.74. The Balaban J connectivity index is 3.71. The molecule has 0 fully saturated rings. The van der Waals surface area contributed by atoms with Crippen LogP contribution < -0.4 is 0 Å². The molecule has 0 spiro atoms. The maximum atomic E-state index is 3.76. The summed E-state index contributed by atoms with van der Waals surface area (Å²) in [5.74, 6) is 2.20. The van der Waals surface area contributed by atoms with Gasteiger partial charge in [-0.3, -0.25) is 0 Å². The summed E-state index contributed by atoms with van der Waals surface area (Å²) in [5, 5.41) is 0. The van der Waals surface area contributed by atoms with Gasteiger partial charge in [-0.2, -0.15) is 0 Å². The van der Waals surface area contributed by atoms with Gasteiger partial charge in [0.25, 0.3) is 0 Å². The number of hydrogen-bond donors (Lipinski definition) is 0. The first-order valence-electron chi connectivity index (χ1n) is 3.72. The van der Waals surface area contributed by atoms with Crippen LogP contribution in [-0.4, -0.2) is 0 Å². The van der Waals surface area contributed by atoms with Gasteiger partial charge in [-0.1, -0.05) is 33.8 Å². The van der Waals surface area contributed by atoms with E-state index in [1.165, 1.54) is 0 Å². The molecule has 9 heavy (non-hydrogen) atoms. The van der Waals surface area contributed by atoms with E-state index in [1.54, 1.807) is 0 Å².